The fourth-order valence-electron chi connectivity index (χ4n) is 8.02. The molecule has 8 rings (SSSR count). The molecule has 0 bridgehead atoms. The highest BCUT2D eigenvalue weighted by molar-refractivity contribution is 6.23. The van der Waals surface area contributed by atoms with Gasteiger partial charge in [-0.15, -0.1) is 0 Å². The molecule has 3 aromatic heterocycles. The first-order valence-electron chi connectivity index (χ1n) is 19.6. The number of imide groups is 1. The highest BCUT2D eigenvalue weighted by Gasteiger charge is 2.44. The summed E-state index contributed by atoms with van der Waals surface area (Å²) >= 11 is 0. The number of anilines is 3. The number of nitrogens with one attached hydrogen (secondary N) is 3. The van der Waals surface area contributed by atoms with E-state index < -0.39 is 29.5 Å². The minimum absolute atomic E-state index is 0.0255. The Labute approximate surface area is 334 Å². The smallest absolute Gasteiger partial charge is 0.262 e. The number of imidazole rings is 1. The van der Waals surface area contributed by atoms with Gasteiger partial charge in [0.1, 0.15) is 28.9 Å². The number of hydrogen-bond donors (Lipinski definition) is 3. The maximum Gasteiger partial charge on any atom is 0.262 e. The van der Waals surface area contributed by atoms with Crippen LogP contribution in [0.3, 0.4) is 0 Å². The molecule has 58 heavy (non-hydrogen) atoms. The number of hydrogen-bond acceptors (Lipinski definition) is 11. The molecule has 16 heteroatoms. The Morgan fingerprint density at radius 1 is 0.914 bits per heavy atom. The summed E-state index contributed by atoms with van der Waals surface area (Å²) in [5.74, 6) is -1.16. The Morgan fingerprint density at radius 2 is 1.69 bits per heavy atom. The molecule has 300 valence electrons. The molecule has 0 aliphatic carbocycles. The van der Waals surface area contributed by atoms with Crippen molar-refractivity contribution in [3.63, 3.8) is 0 Å². The summed E-state index contributed by atoms with van der Waals surface area (Å²) in [5, 5.41) is 9.09. The number of aromatic nitrogens is 5. The van der Waals surface area contributed by atoms with E-state index in [2.05, 4.69) is 52.3 Å². The standard InChI is InChI=1S/C42H45F2N11O3/c1-24(2)54-26(4)49-38-32(43)18-28(19-35(38)54)37-33(44)22-47-42(51-37)50-36-11-7-27(21-46-36)23-53-16-14-52(15-17-53)13-5-12-45-29-8-9-30-31(20-29)41(58)55(40(30)57)34-10-6-25(3)48-39(34)56/h7-9,11,18-22,24,34,45H,3,5-6,10,12-17,23H2,1-2,4H3,(H,48,56)(H,46,47,50,51). The van der Waals surface area contributed by atoms with Crippen LogP contribution >= 0.6 is 0 Å². The lowest BCUT2D eigenvalue weighted by molar-refractivity contribution is -0.125. The second-order valence-electron chi connectivity index (χ2n) is 15.3. The van der Waals surface area contributed by atoms with E-state index in [-0.39, 0.29) is 34.7 Å². The number of carbonyl (C=O) groups is 3. The van der Waals surface area contributed by atoms with Gasteiger partial charge < -0.3 is 25.4 Å². The van der Waals surface area contributed by atoms with Gasteiger partial charge in [-0.25, -0.2) is 28.7 Å². The molecular formula is C42H45F2N11O3. The summed E-state index contributed by atoms with van der Waals surface area (Å²) in [5.41, 5.74) is 4.11. The molecular weight excluding hydrogens is 745 g/mol. The number of halogens is 2. The first-order chi connectivity index (χ1) is 27.9. The molecule has 2 saturated heterocycles. The van der Waals surface area contributed by atoms with E-state index in [4.69, 9.17) is 0 Å². The van der Waals surface area contributed by atoms with Gasteiger partial charge in [0.15, 0.2) is 11.6 Å². The highest BCUT2D eigenvalue weighted by atomic mass is 19.1. The first-order valence-corrected chi connectivity index (χ1v) is 19.6. The van der Waals surface area contributed by atoms with E-state index in [1.165, 1.54) is 6.07 Å². The molecule has 1 atom stereocenters. The zero-order chi connectivity index (χ0) is 40.7. The van der Waals surface area contributed by atoms with Crippen molar-refractivity contribution < 1.29 is 23.2 Å². The average Bonchev–Trinajstić information content (AvgIpc) is 3.67. The van der Waals surface area contributed by atoms with E-state index >= 15 is 8.78 Å². The molecule has 2 aromatic carbocycles. The lowest BCUT2D eigenvalue weighted by atomic mass is 10.0. The van der Waals surface area contributed by atoms with E-state index in [0.29, 0.717) is 53.4 Å². The number of piperazine rings is 1. The predicted molar refractivity (Wildman–Crippen MR) is 215 cm³/mol. The van der Waals surface area contributed by atoms with Crippen LogP contribution < -0.4 is 16.0 Å². The molecule has 0 radical (unpaired) electrons. The third-order valence-electron chi connectivity index (χ3n) is 10.9. The number of allylic oxidation sites excluding steroid dienone is 1. The van der Waals surface area contributed by atoms with Crippen molar-refractivity contribution >= 4 is 46.2 Å². The highest BCUT2D eigenvalue weighted by Crippen LogP contribution is 2.32. The van der Waals surface area contributed by atoms with Gasteiger partial charge in [-0.05, 0) is 88.5 Å². The van der Waals surface area contributed by atoms with Crippen molar-refractivity contribution in [2.24, 2.45) is 0 Å². The molecule has 0 saturated carbocycles. The Morgan fingerprint density at radius 3 is 2.43 bits per heavy atom. The molecule has 3 amide bonds. The second kappa shape index (κ2) is 16.0. The average molecular weight is 790 g/mol. The van der Waals surface area contributed by atoms with Gasteiger partial charge in [-0.1, -0.05) is 12.6 Å². The number of aryl methyl sites for hydroxylation is 1. The third kappa shape index (κ3) is 7.76. The monoisotopic (exact) mass is 789 g/mol. The van der Waals surface area contributed by atoms with Crippen LogP contribution in [0.5, 0.6) is 0 Å². The van der Waals surface area contributed by atoms with Crippen molar-refractivity contribution in [2.45, 2.75) is 58.7 Å². The van der Waals surface area contributed by atoms with Gasteiger partial charge in [0.25, 0.3) is 11.8 Å². The van der Waals surface area contributed by atoms with Gasteiger partial charge in [-0.2, -0.15) is 0 Å². The summed E-state index contributed by atoms with van der Waals surface area (Å²) in [7, 11) is 0. The Kier molecular flexibility index (Phi) is 10.7. The number of amides is 3. The van der Waals surface area contributed by atoms with Crippen molar-refractivity contribution in [3.8, 4) is 11.3 Å². The minimum atomic E-state index is -0.830. The van der Waals surface area contributed by atoms with E-state index in [1.54, 1.807) is 30.5 Å². The summed E-state index contributed by atoms with van der Waals surface area (Å²) in [6, 6.07) is 11.1. The molecule has 5 aromatic rings. The normalized spacial score (nSPS) is 17.7. The number of carbonyl (C=O) groups excluding carboxylic acids is 3. The zero-order valence-electron chi connectivity index (χ0n) is 32.7. The molecule has 6 heterocycles. The Balaban J connectivity index is 0.793. The van der Waals surface area contributed by atoms with Crippen molar-refractivity contribution in [3.05, 3.63) is 101 Å². The number of piperidine rings is 1. The van der Waals surface area contributed by atoms with E-state index in [1.807, 2.05) is 37.5 Å². The zero-order valence-corrected chi connectivity index (χ0v) is 32.7. The number of fused-ring (bicyclic) bond motifs is 2. The van der Waals surface area contributed by atoms with Gasteiger partial charge >= 0.3 is 0 Å². The van der Waals surface area contributed by atoms with E-state index in [0.717, 1.165) is 68.0 Å². The minimum Gasteiger partial charge on any atom is -0.385 e. The molecule has 0 spiro atoms. The molecule has 3 aliphatic heterocycles. The Hall–Kier alpha value is -6.13. The first kappa shape index (κ1) is 38.7. The van der Waals surface area contributed by atoms with Crippen molar-refractivity contribution in [2.75, 3.05) is 49.9 Å². The van der Waals surface area contributed by atoms with Gasteiger partial charge in [0.2, 0.25) is 11.9 Å². The van der Waals surface area contributed by atoms with Crippen LogP contribution in [-0.4, -0.2) is 102 Å². The SMILES string of the molecule is C=C1CCC(N2C(=O)c3ccc(NCCCN4CCN(Cc5ccc(Nc6ncc(F)c(-c7cc(F)c8nc(C)n(C(C)C)c8c7)n6)nc5)CC4)cc3C2=O)C(=O)N1. The van der Waals surface area contributed by atoms with Crippen LogP contribution in [0.2, 0.25) is 0 Å². The Bertz CT molecular complexity index is 2430. The summed E-state index contributed by atoms with van der Waals surface area (Å²) in [6.07, 6.45) is 4.65. The van der Waals surface area contributed by atoms with Crippen LogP contribution in [0.4, 0.5) is 26.2 Å². The van der Waals surface area contributed by atoms with Crippen LogP contribution in [0.1, 0.15) is 71.3 Å². The molecule has 3 aliphatic rings. The second-order valence-corrected chi connectivity index (χ2v) is 15.3. The van der Waals surface area contributed by atoms with Gasteiger partial charge in [-0.3, -0.25) is 24.2 Å². The molecule has 2 fully saturated rings. The number of pyridine rings is 1. The number of nitrogens with zero attached hydrogens (tertiary/aromatic N) is 8. The largest absolute Gasteiger partial charge is 0.385 e. The fraction of sp³-hybridized carbons (Fsp3) is 0.357. The summed E-state index contributed by atoms with van der Waals surface area (Å²) < 4.78 is 32.0. The summed E-state index contributed by atoms with van der Waals surface area (Å²) in [6.45, 7) is 15.6. The predicted octanol–water partition coefficient (Wildman–Crippen LogP) is 5.81. The lowest BCUT2D eigenvalue weighted by Crippen LogP contribution is -2.51. The maximum absolute atomic E-state index is 15.1. The molecule has 3 N–H and O–H groups in total. The number of rotatable bonds is 12. The van der Waals surface area contributed by atoms with Gasteiger partial charge in [0.05, 0.1) is 22.8 Å². The van der Waals surface area contributed by atoms with Gasteiger partial charge in [0, 0.05) is 68.5 Å². The quantitative estimate of drug-likeness (QED) is 0.104. The lowest BCUT2D eigenvalue weighted by Gasteiger charge is -2.34. The topological polar surface area (TPSA) is 154 Å². The van der Waals surface area contributed by atoms with E-state index in [9.17, 15) is 14.4 Å². The molecule has 14 nitrogen and oxygen atoms in total. The van der Waals surface area contributed by atoms with Crippen LogP contribution in [0, 0.1) is 18.6 Å². The van der Waals surface area contributed by atoms with Crippen LogP contribution in [0.25, 0.3) is 22.3 Å². The summed E-state index contributed by atoms with van der Waals surface area (Å²) in [4.78, 5) is 62.0. The van der Waals surface area contributed by atoms with Crippen molar-refractivity contribution in [1.29, 1.82) is 0 Å². The third-order valence-corrected chi connectivity index (χ3v) is 10.9. The van der Waals surface area contributed by atoms with Crippen LogP contribution in [-0.2, 0) is 11.3 Å². The molecule has 1 unspecified atom stereocenters. The van der Waals surface area contributed by atoms with Crippen LogP contribution in [0.15, 0.2) is 67.1 Å². The number of benzene rings is 2. The van der Waals surface area contributed by atoms with Crippen molar-refractivity contribution in [1.82, 2.24) is 44.5 Å². The fourth-order valence-corrected chi connectivity index (χ4v) is 8.02. The maximum atomic E-state index is 15.1.